The van der Waals surface area contributed by atoms with Crippen molar-refractivity contribution in [2.24, 2.45) is 0 Å². The molecular formula is C12H23NO. The highest BCUT2D eigenvalue weighted by molar-refractivity contribution is 5.07. The quantitative estimate of drug-likeness (QED) is 0.522. The van der Waals surface area contributed by atoms with Crippen molar-refractivity contribution < 1.29 is 4.74 Å². The van der Waals surface area contributed by atoms with Gasteiger partial charge in [0.25, 0.3) is 0 Å². The summed E-state index contributed by atoms with van der Waals surface area (Å²) in [5, 5.41) is 3.44. The molecule has 0 aliphatic carbocycles. The van der Waals surface area contributed by atoms with Crippen LogP contribution >= 0.6 is 0 Å². The Morgan fingerprint density at radius 2 is 2.36 bits per heavy atom. The molecule has 0 amide bonds. The van der Waals surface area contributed by atoms with Crippen molar-refractivity contribution >= 4 is 0 Å². The third-order valence-electron chi connectivity index (χ3n) is 2.62. The van der Waals surface area contributed by atoms with Gasteiger partial charge in [-0.1, -0.05) is 25.5 Å². The fourth-order valence-electron chi connectivity index (χ4n) is 1.72. The number of ether oxygens (including phenoxy) is 1. The van der Waals surface area contributed by atoms with E-state index in [-0.39, 0.29) is 0 Å². The van der Waals surface area contributed by atoms with E-state index < -0.39 is 0 Å². The summed E-state index contributed by atoms with van der Waals surface area (Å²) in [7, 11) is 0. The van der Waals surface area contributed by atoms with E-state index in [1.165, 1.54) is 24.8 Å². The summed E-state index contributed by atoms with van der Waals surface area (Å²) in [6.45, 7) is 7.50. The van der Waals surface area contributed by atoms with Crippen molar-refractivity contribution in [3.05, 3.63) is 11.6 Å². The first-order chi connectivity index (χ1) is 6.86. The van der Waals surface area contributed by atoms with Crippen LogP contribution in [0.2, 0.25) is 0 Å². The normalized spacial score (nSPS) is 23.0. The van der Waals surface area contributed by atoms with Crippen LogP contribution in [0.4, 0.5) is 0 Å². The minimum atomic E-state index is 0.397. The molecule has 1 aliphatic heterocycles. The van der Waals surface area contributed by atoms with Gasteiger partial charge >= 0.3 is 0 Å². The smallest absolute Gasteiger partial charge is 0.0759 e. The van der Waals surface area contributed by atoms with Crippen LogP contribution in [0.25, 0.3) is 0 Å². The fraction of sp³-hybridized carbons (Fsp3) is 0.833. The Morgan fingerprint density at radius 1 is 1.50 bits per heavy atom. The maximum absolute atomic E-state index is 5.59. The zero-order valence-electron chi connectivity index (χ0n) is 9.51. The highest BCUT2D eigenvalue weighted by Gasteiger charge is 2.12. The van der Waals surface area contributed by atoms with Gasteiger partial charge in [-0.05, 0) is 32.2 Å². The molecule has 0 aromatic rings. The molecule has 1 atom stereocenters. The predicted octanol–water partition coefficient (Wildman–Crippen LogP) is 2.50. The molecule has 0 aromatic carbocycles. The minimum Gasteiger partial charge on any atom is -0.374 e. The third kappa shape index (κ3) is 4.25. The zero-order chi connectivity index (χ0) is 10.2. The maximum atomic E-state index is 5.59. The molecule has 0 spiro atoms. The van der Waals surface area contributed by atoms with Gasteiger partial charge in [-0.3, -0.25) is 0 Å². The number of rotatable bonds is 6. The monoisotopic (exact) mass is 197 g/mol. The van der Waals surface area contributed by atoms with Gasteiger partial charge in [-0.25, -0.2) is 0 Å². The molecule has 1 unspecified atom stereocenters. The zero-order valence-corrected chi connectivity index (χ0v) is 9.51. The Kier molecular flexibility index (Phi) is 5.88. The lowest BCUT2D eigenvalue weighted by Gasteiger charge is -2.09. The minimum absolute atomic E-state index is 0.397. The summed E-state index contributed by atoms with van der Waals surface area (Å²) in [4.78, 5) is 0. The number of hydrogen-bond acceptors (Lipinski definition) is 2. The second-order valence-electron chi connectivity index (χ2n) is 3.91. The van der Waals surface area contributed by atoms with Crippen molar-refractivity contribution in [2.75, 3.05) is 19.7 Å². The number of hydrogen-bond donors (Lipinski definition) is 1. The molecule has 2 heteroatoms. The lowest BCUT2D eigenvalue weighted by molar-refractivity contribution is 0.145. The first-order valence-corrected chi connectivity index (χ1v) is 5.88. The van der Waals surface area contributed by atoms with Gasteiger partial charge in [0.05, 0.1) is 6.10 Å². The van der Waals surface area contributed by atoms with Gasteiger partial charge in [0.2, 0.25) is 0 Å². The molecule has 0 aromatic heterocycles. The Morgan fingerprint density at radius 3 is 2.93 bits per heavy atom. The van der Waals surface area contributed by atoms with Gasteiger partial charge < -0.3 is 10.1 Å². The molecule has 1 saturated heterocycles. The Labute approximate surface area is 87.7 Å². The van der Waals surface area contributed by atoms with Gasteiger partial charge in [-0.15, -0.1) is 0 Å². The van der Waals surface area contributed by atoms with Gasteiger partial charge in [0.15, 0.2) is 0 Å². The molecule has 82 valence electrons. The van der Waals surface area contributed by atoms with E-state index in [9.17, 15) is 0 Å². The summed E-state index contributed by atoms with van der Waals surface area (Å²) < 4.78 is 5.59. The van der Waals surface area contributed by atoms with E-state index in [1.807, 2.05) is 0 Å². The largest absolute Gasteiger partial charge is 0.374 e. The van der Waals surface area contributed by atoms with Gasteiger partial charge in [0, 0.05) is 13.2 Å². The van der Waals surface area contributed by atoms with E-state index in [2.05, 4.69) is 25.2 Å². The average Bonchev–Trinajstić information content (AvgIpc) is 2.69. The van der Waals surface area contributed by atoms with E-state index in [0.717, 1.165) is 26.1 Å². The molecular weight excluding hydrogens is 174 g/mol. The third-order valence-corrected chi connectivity index (χ3v) is 2.62. The predicted molar refractivity (Wildman–Crippen MR) is 60.5 cm³/mol. The molecule has 2 nitrogen and oxygen atoms in total. The molecule has 1 heterocycles. The number of nitrogens with one attached hydrogen (secondary N) is 1. The van der Waals surface area contributed by atoms with Crippen molar-refractivity contribution in [2.45, 2.75) is 45.6 Å². The van der Waals surface area contributed by atoms with Crippen LogP contribution in [0, 0.1) is 0 Å². The Bertz CT molecular complexity index is 171. The molecule has 1 fully saturated rings. The van der Waals surface area contributed by atoms with Crippen molar-refractivity contribution in [1.82, 2.24) is 5.32 Å². The first-order valence-electron chi connectivity index (χ1n) is 5.88. The first kappa shape index (κ1) is 11.7. The lowest BCUT2D eigenvalue weighted by Crippen LogP contribution is -2.18. The van der Waals surface area contributed by atoms with Crippen molar-refractivity contribution in [3.63, 3.8) is 0 Å². The van der Waals surface area contributed by atoms with E-state index in [1.54, 1.807) is 0 Å². The molecule has 1 N–H and O–H groups in total. The van der Waals surface area contributed by atoms with Crippen LogP contribution in [0.5, 0.6) is 0 Å². The molecule has 14 heavy (non-hydrogen) atoms. The van der Waals surface area contributed by atoms with Crippen LogP contribution < -0.4 is 5.32 Å². The average molecular weight is 197 g/mol. The van der Waals surface area contributed by atoms with Crippen molar-refractivity contribution in [3.8, 4) is 0 Å². The molecule has 1 aliphatic rings. The molecule has 0 radical (unpaired) electrons. The van der Waals surface area contributed by atoms with Crippen molar-refractivity contribution in [1.29, 1.82) is 0 Å². The Hall–Kier alpha value is -0.340. The van der Waals surface area contributed by atoms with Crippen LogP contribution in [-0.2, 0) is 4.74 Å². The maximum Gasteiger partial charge on any atom is 0.0759 e. The van der Waals surface area contributed by atoms with E-state index in [0.29, 0.717) is 6.10 Å². The summed E-state index contributed by atoms with van der Waals surface area (Å²) in [5.41, 5.74) is 1.49. The standard InChI is InChI=1S/C12H23NO/c1-3-7-13-10-11(4-2)9-12-6-5-8-14-12/h9,12-13H,3-8,10H2,1-2H3. The summed E-state index contributed by atoms with van der Waals surface area (Å²) >= 11 is 0. The van der Waals surface area contributed by atoms with Crippen LogP contribution in [0.15, 0.2) is 11.6 Å². The van der Waals surface area contributed by atoms with Gasteiger partial charge in [-0.2, -0.15) is 0 Å². The van der Waals surface area contributed by atoms with E-state index >= 15 is 0 Å². The molecule has 1 rings (SSSR count). The summed E-state index contributed by atoms with van der Waals surface area (Å²) in [6, 6.07) is 0. The second-order valence-corrected chi connectivity index (χ2v) is 3.91. The lowest BCUT2D eigenvalue weighted by atomic mass is 10.1. The van der Waals surface area contributed by atoms with Crippen LogP contribution in [0.3, 0.4) is 0 Å². The molecule has 0 saturated carbocycles. The summed E-state index contributed by atoms with van der Waals surface area (Å²) in [5.74, 6) is 0. The fourth-order valence-corrected chi connectivity index (χ4v) is 1.72. The Balaban J connectivity index is 2.27. The highest BCUT2D eigenvalue weighted by Crippen LogP contribution is 2.15. The van der Waals surface area contributed by atoms with Crippen LogP contribution in [0.1, 0.15) is 39.5 Å². The SMILES string of the molecule is CCCNCC(=CC1CCCO1)CC. The van der Waals surface area contributed by atoms with Crippen LogP contribution in [-0.4, -0.2) is 25.8 Å². The second kappa shape index (κ2) is 7.02. The van der Waals surface area contributed by atoms with Gasteiger partial charge in [0.1, 0.15) is 0 Å². The highest BCUT2D eigenvalue weighted by atomic mass is 16.5. The summed E-state index contributed by atoms with van der Waals surface area (Å²) in [6.07, 6.45) is 7.48. The topological polar surface area (TPSA) is 21.3 Å². The molecule has 0 bridgehead atoms. The van der Waals surface area contributed by atoms with E-state index in [4.69, 9.17) is 4.74 Å².